The first-order valence-corrected chi connectivity index (χ1v) is 4.33. The smallest absolute Gasteiger partial charge is 0.273 e. The van der Waals surface area contributed by atoms with Gasteiger partial charge in [-0.2, -0.15) is 0 Å². The molecule has 1 aliphatic carbocycles. The maximum atomic E-state index is 12.6. The lowest BCUT2D eigenvalue weighted by molar-refractivity contribution is 0.0949. The van der Waals surface area contributed by atoms with E-state index in [0.29, 0.717) is 0 Å². The van der Waals surface area contributed by atoms with Crippen LogP contribution in [0.3, 0.4) is 0 Å². The Labute approximate surface area is 79.1 Å². The molecule has 3 nitrogen and oxygen atoms in total. The molecule has 1 atom stereocenters. The van der Waals surface area contributed by atoms with Crippen LogP contribution >= 0.6 is 0 Å². The SMILES string of the molecule is Nc1cccn(CC2CC2(F)F)c1=O. The number of nitrogens with two attached hydrogens (primary N) is 1. The molecular weight excluding hydrogens is 190 g/mol. The molecule has 1 aromatic heterocycles. The average molecular weight is 200 g/mol. The second-order valence-corrected chi connectivity index (χ2v) is 3.58. The zero-order valence-corrected chi connectivity index (χ0v) is 7.41. The molecule has 0 spiro atoms. The topological polar surface area (TPSA) is 48.0 Å². The van der Waals surface area contributed by atoms with E-state index in [-0.39, 0.29) is 18.7 Å². The largest absolute Gasteiger partial charge is 0.394 e. The number of alkyl halides is 2. The Balaban J connectivity index is 2.19. The second-order valence-electron chi connectivity index (χ2n) is 3.58. The Morgan fingerprint density at radius 3 is 2.86 bits per heavy atom. The van der Waals surface area contributed by atoms with E-state index >= 15 is 0 Å². The normalized spacial score (nSPS) is 23.4. The van der Waals surface area contributed by atoms with Crippen LogP contribution in [-0.2, 0) is 6.54 Å². The number of pyridine rings is 1. The highest BCUT2D eigenvalue weighted by atomic mass is 19.3. The summed E-state index contributed by atoms with van der Waals surface area (Å²) in [6.07, 6.45) is 1.35. The van der Waals surface area contributed by atoms with Crippen molar-refractivity contribution in [1.82, 2.24) is 4.57 Å². The van der Waals surface area contributed by atoms with Gasteiger partial charge in [0.2, 0.25) is 0 Å². The molecule has 1 saturated carbocycles. The molecule has 2 rings (SSSR count). The van der Waals surface area contributed by atoms with Crippen molar-refractivity contribution in [1.29, 1.82) is 0 Å². The fourth-order valence-electron chi connectivity index (χ4n) is 1.40. The van der Waals surface area contributed by atoms with Gasteiger partial charge < -0.3 is 10.3 Å². The first-order valence-electron chi connectivity index (χ1n) is 4.33. The molecule has 0 bridgehead atoms. The van der Waals surface area contributed by atoms with Gasteiger partial charge in [0, 0.05) is 25.1 Å². The van der Waals surface area contributed by atoms with E-state index in [1.807, 2.05) is 0 Å². The molecule has 0 amide bonds. The van der Waals surface area contributed by atoms with Gasteiger partial charge in [0.05, 0.1) is 5.69 Å². The fraction of sp³-hybridized carbons (Fsp3) is 0.444. The van der Waals surface area contributed by atoms with Crippen molar-refractivity contribution in [3.63, 3.8) is 0 Å². The molecule has 1 aliphatic rings. The summed E-state index contributed by atoms with van der Waals surface area (Å²) in [5.41, 5.74) is 5.06. The summed E-state index contributed by atoms with van der Waals surface area (Å²) >= 11 is 0. The van der Waals surface area contributed by atoms with Crippen molar-refractivity contribution in [2.45, 2.75) is 18.9 Å². The van der Waals surface area contributed by atoms with Gasteiger partial charge >= 0.3 is 0 Å². The molecule has 1 heterocycles. The van der Waals surface area contributed by atoms with E-state index in [9.17, 15) is 13.6 Å². The van der Waals surface area contributed by atoms with Crippen molar-refractivity contribution in [3.05, 3.63) is 28.7 Å². The lowest BCUT2D eigenvalue weighted by atomic mass is 10.3. The third-order valence-electron chi connectivity index (χ3n) is 2.42. The molecule has 0 aromatic carbocycles. The zero-order chi connectivity index (χ0) is 10.3. The molecule has 76 valence electrons. The van der Waals surface area contributed by atoms with Gasteiger partial charge in [-0.15, -0.1) is 0 Å². The first-order chi connectivity index (χ1) is 6.50. The predicted molar refractivity (Wildman–Crippen MR) is 48.2 cm³/mol. The molecule has 0 saturated heterocycles. The summed E-state index contributed by atoms with van der Waals surface area (Å²) < 4.78 is 26.4. The van der Waals surface area contributed by atoms with E-state index in [2.05, 4.69) is 0 Å². The molecule has 5 heteroatoms. The maximum Gasteiger partial charge on any atom is 0.273 e. The average Bonchev–Trinajstić information content (AvgIpc) is 2.68. The van der Waals surface area contributed by atoms with Gasteiger partial charge in [-0.3, -0.25) is 4.79 Å². The van der Waals surface area contributed by atoms with Crippen LogP contribution < -0.4 is 11.3 Å². The van der Waals surface area contributed by atoms with Gasteiger partial charge in [0.25, 0.3) is 11.5 Å². The Hall–Kier alpha value is -1.39. The third kappa shape index (κ3) is 1.49. The Morgan fingerprint density at radius 1 is 1.64 bits per heavy atom. The molecule has 1 fully saturated rings. The fourth-order valence-corrected chi connectivity index (χ4v) is 1.40. The molecule has 1 aromatic rings. The van der Waals surface area contributed by atoms with E-state index in [1.165, 1.54) is 16.8 Å². The molecule has 2 N–H and O–H groups in total. The molecule has 14 heavy (non-hydrogen) atoms. The minimum absolute atomic E-state index is 0.0525. The van der Waals surface area contributed by atoms with Gasteiger partial charge in [0.15, 0.2) is 0 Å². The second kappa shape index (κ2) is 2.80. The van der Waals surface area contributed by atoms with Gasteiger partial charge in [-0.05, 0) is 12.1 Å². The van der Waals surface area contributed by atoms with Gasteiger partial charge in [-0.1, -0.05) is 0 Å². The van der Waals surface area contributed by atoms with Crippen molar-refractivity contribution in [2.75, 3.05) is 5.73 Å². The number of hydrogen-bond donors (Lipinski definition) is 1. The number of nitrogen functional groups attached to an aromatic ring is 1. The molecule has 0 radical (unpaired) electrons. The standard InChI is InChI=1S/C9H10F2N2O/c10-9(11)4-6(9)5-13-3-1-2-7(12)8(13)14/h1-3,6H,4-5,12H2. The summed E-state index contributed by atoms with van der Waals surface area (Å²) in [7, 11) is 0. The third-order valence-corrected chi connectivity index (χ3v) is 2.42. The zero-order valence-electron chi connectivity index (χ0n) is 7.41. The summed E-state index contributed by atoms with van der Waals surface area (Å²) in [5.74, 6) is -3.30. The van der Waals surface area contributed by atoms with Crippen molar-refractivity contribution in [3.8, 4) is 0 Å². The Bertz CT molecular complexity index is 414. The summed E-state index contributed by atoms with van der Waals surface area (Å²) in [6.45, 7) is 0.0525. The Kier molecular flexibility index (Phi) is 1.83. The number of rotatable bonds is 2. The van der Waals surface area contributed by atoms with Crippen LogP contribution in [0.4, 0.5) is 14.5 Å². The lowest BCUT2D eigenvalue weighted by Crippen LogP contribution is -2.23. The lowest BCUT2D eigenvalue weighted by Gasteiger charge is -2.04. The molecule has 0 aliphatic heterocycles. The van der Waals surface area contributed by atoms with Crippen molar-refractivity contribution >= 4 is 5.69 Å². The van der Waals surface area contributed by atoms with Crippen LogP contribution in [0, 0.1) is 5.92 Å². The van der Waals surface area contributed by atoms with Crippen molar-refractivity contribution < 1.29 is 8.78 Å². The van der Waals surface area contributed by atoms with Crippen LogP contribution in [0.15, 0.2) is 23.1 Å². The molecule has 1 unspecified atom stereocenters. The van der Waals surface area contributed by atoms with E-state index in [4.69, 9.17) is 5.73 Å². The van der Waals surface area contributed by atoms with E-state index < -0.39 is 17.4 Å². The predicted octanol–water partition coefficient (Wildman–Crippen LogP) is 1.09. The highest BCUT2D eigenvalue weighted by Gasteiger charge is 2.56. The monoisotopic (exact) mass is 200 g/mol. The highest BCUT2D eigenvalue weighted by Crippen LogP contribution is 2.49. The number of aromatic nitrogens is 1. The highest BCUT2D eigenvalue weighted by molar-refractivity contribution is 5.33. The number of hydrogen-bond acceptors (Lipinski definition) is 2. The van der Waals surface area contributed by atoms with Crippen LogP contribution in [0.2, 0.25) is 0 Å². The van der Waals surface area contributed by atoms with Crippen LogP contribution in [0.1, 0.15) is 6.42 Å². The minimum Gasteiger partial charge on any atom is -0.394 e. The Morgan fingerprint density at radius 2 is 2.29 bits per heavy atom. The minimum atomic E-state index is -2.59. The quantitative estimate of drug-likeness (QED) is 0.776. The maximum absolute atomic E-state index is 12.6. The number of anilines is 1. The summed E-state index contributed by atoms with van der Waals surface area (Å²) in [4.78, 5) is 11.3. The molecular formula is C9H10F2N2O. The van der Waals surface area contributed by atoms with Crippen LogP contribution in [-0.4, -0.2) is 10.5 Å². The summed E-state index contributed by atoms with van der Waals surface area (Å²) in [5, 5.41) is 0. The van der Waals surface area contributed by atoms with E-state index in [0.717, 1.165) is 0 Å². The number of nitrogens with zero attached hydrogens (tertiary/aromatic N) is 1. The number of halogens is 2. The van der Waals surface area contributed by atoms with Gasteiger partial charge in [-0.25, -0.2) is 8.78 Å². The van der Waals surface area contributed by atoms with Crippen LogP contribution in [0.25, 0.3) is 0 Å². The van der Waals surface area contributed by atoms with Crippen LogP contribution in [0.5, 0.6) is 0 Å². The first kappa shape index (κ1) is 9.18. The van der Waals surface area contributed by atoms with Crippen molar-refractivity contribution in [2.24, 2.45) is 5.92 Å². The van der Waals surface area contributed by atoms with Gasteiger partial charge in [0.1, 0.15) is 0 Å². The van der Waals surface area contributed by atoms with E-state index in [1.54, 1.807) is 6.07 Å². The summed E-state index contributed by atoms with van der Waals surface area (Å²) in [6, 6.07) is 3.04.